The summed E-state index contributed by atoms with van der Waals surface area (Å²) >= 11 is 1.49. The minimum absolute atomic E-state index is 0.155. The average Bonchev–Trinajstić information content (AvgIpc) is 3.21. The van der Waals surface area contributed by atoms with Gasteiger partial charge in [0.1, 0.15) is 17.7 Å². The zero-order valence-corrected chi connectivity index (χ0v) is 17.5. The lowest BCUT2D eigenvalue weighted by Gasteiger charge is -2.41. The summed E-state index contributed by atoms with van der Waals surface area (Å²) < 4.78 is 60.5. The third kappa shape index (κ3) is 4.45. The Hall–Kier alpha value is -1.62. The number of hydrogen-bond donors (Lipinski definition) is 0. The summed E-state index contributed by atoms with van der Waals surface area (Å²) in [6.07, 6.45) is 4.98. The Morgan fingerprint density at radius 1 is 1.03 bits per heavy atom. The van der Waals surface area contributed by atoms with Crippen LogP contribution in [0.1, 0.15) is 25.7 Å². The van der Waals surface area contributed by atoms with Crippen LogP contribution in [0.5, 0.6) is 5.19 Å². The van der Waals surface area contributed by atoms with Crippen LogP contribution < -0.4 is 4.74 Å². The summed E-state index contributed by atoms with van der Waals surface area (Å²) in [6.45, 7) is 2.29. The number of halogens is 2. The molecule has 2 saturated heterocycles. The monoisotopic (exact) mass is 443 g/mol. The first-order valence-corrected chi connectivity index (χ1v) is 12.0. The summed E-state index contributed by atoms with van der Waals surface area (Å²) in [6, 6.07) is 3.38. The van der Waals surface area contributed by atoms with Gasteiger partial charge in [0.05, 0.1) is 0 Å². The van der Waals surface area contributed by atoms with E-state index >= 15 is 0 Å². The second-order valence-corrected chi connectivity index (χ2v) is 10.1. The van der Waals surface area contributed by atoms with Gasteiger partial charge in [-0.05, 0) is 37.8 Å². The van der Waals surface area contributed by atoms with Gasteiger partial charge in [-0.1, -0.05) is 17.4 Å². The molecule has 2 aliphatic heterocycles. The highest BCUT2D eigenvalue weighted by Crippen LogP contribution is 2.28. The lowest BCUT2D eigenvalue weighted by atomic mass is 10.00. The zero-order valence-electron chi connectivity index (χ0n) is 15.8. The molecule has 0 unspecified atom stereocenters. The van der Waals surface area contributed by atoms with Crippen LogP contribution in [0.25, 0.3) is 0 Å². The van der Waals surface area contributed by atoms with Gasteiger partial charge in [-0.15, -0.1) is 0 Å². The fourth-order valence-electron chi connectivity index (χ4n) is 4.08. The summed E-state index contributed by atoms with van der Waals surface area (Å²) in [5, 5.41) is 2.58. The van der Waals surface area contributed by atoms with Crippen molar-refractivity contribution in [3.8, 4) is 5.19 Å². The molecule has 3 heterocycles. The molecule has 4 rings (SSSR count). The van der Waals surface area contributed by atoms with Crippen molar-refractivity contribution in [3.05, 3.63) is 41.4 Å². The summed E-state index contributed by atoms with van der Waals surface area (Å²) in [7, 11) is -4.18. The molecule has 0 radical (unpaired) electrons. The van der Waals surface area contributed by atoms with E-state index in [2.05, 4.69) is 9.88 Å². The molecule has 0 spiro atoms. The highest BCUT2D eigenvalue weighted by molar-refractivity contribution is 7.89. The molecule has 0 N–H and O–H groups in total. The van der Waals surface area contributed by atoms with E-state index in [0.29, 0.717) is 18.0 Å². The minimum atomic E-state index is -4.18. The number of aromatic nitrogens is 1. The summed E-state index contributed by atoms with van der Waals surface area (Å²) in [4.78, 5) is 5.68. The van der Waals surface area contributed by atoms with Crippen LogP contribution in [0.3, 0.4) is 0 Å². The molecule has 2 aliphatic rings. The van der Waals surface area contributed by atoms with Crippen LogP contribution in [-0.4, -0.2) is 60.9 Å². The maximum absolute atomic E-state index is 14.0. The molecule has 29 heavy (non-hydrogen) atoms. The first kappa shape index (κ1) is 20.6. The molecule has 2 aromatic rings. The molecule has 0 atom stereocenters. The van der Waals surface area contributed by atoms with Crippen molar-refractivity contribution in [3.63, 3.8) is 0 Å². The van der Waals surface area contributed by atoms with Gasteiger partial charge < -0.3 is 9.64 Å². The van der Waals surface area contributed by atoms with Gasteiger partial charge in [0.2, 0.25) is 10.0 Å². The van der Waals surface area contributed by atoms with E-state index in [-0.39, 0.29) is 25.2 Å². The number of hydrogen-bond acceptors (Lipinski definition) is 6. The molecular formula is C19H23F2N3O3S2. The normalized spacial score (nSPS) is 20.8. The Labute approximate surface area is 173 Å². The Morgan fingerprint density at radius 2 is 1.69 bits per heavy atom. The maximum atomic E-state index is 14.0. The Bertz CT molecular complexity index is 904. The molecule has 6 nitrogen and oxygen atoms in total. The van der Waals surface area contributed by atoms with Crippen LogP contribution in [0.15, 0.2) is 34.7 Å². The van der Waals surface area contributed by atoms with Crippen LogP contribution in [0, 0.1) is 11.6 Å². The lowest BCUT2D eigenvalue weighted by molar-refractivity contribution is 0.0584. The van der Waals surface area contributed by atoms with Crippen molar-refractivity contribution in [2.45, 2.75) is 42.7 Å². The number of nitrogens with zero attached hydrogens (tertiary/aromatic N) is 3. The van der Waals surface area contributed by atoms with Gasteiger partial charge >= 0.3 is 0 Å². The largest absolute Gasteiger partial charge is 0.467 e. The van der Waals surface area contributed by atoms with E-state index in [4.69, 9.17) is 4.74 Å². The van der Waals surface area contributed by atoms with Gasteiger partial charge in [0.25, 0.3) is 5.19 Å². The maximum Gasteiger partial charge on any atom is 0.273 e. The fraction of sp³-hybridized carbons (Fsp3) is 0.526. The second-order valence-electron chi connectivity index (χ2n) is 7.34. The van der Waals surface area contributed by atoms with Crippen LogP contribution in [0.2, 0.25) is 0 Å². The SMILES string of the molecule is O=S(=O)(c1c(F)cccc1F)N1CCC(N2CCC(Oc3nccs3)CC2)CC1. The number of rotatable bonds is 5. The van der Waals surface area contributed by atoms with Crippen molar-refractivity contribution in [2.24, 2.45) is 0 Å². The topological polar surface area (TPSA) is 62.7 Å². The Morgan fingerprint density at radius 3 is 2.28 bits per heavy atom. The molecule has 1 aromatic carbocycles. The van der Waals surface area contributed by atoms with Crippen molar-refractivity contribution < 1.29 is 21.9 Å². The van der Waals surface area contributed by atoms with Crippen molar-refractivity contribution in [1.82, 2.24) is 14.2 Å². The molecule has 10 heteroatoms. The van der Waals surface area contributed by atoms with E-state index in [1.54, 1.807) is 6.20 Å². The number of piperidine rings is 2. The van der Waals surface area contributed by atoms with E-state index in [0.717, 1.165) is 44.1 Å². The molecule has 158 valence electrons. The molecule has 0 saturated carbocycles. The fourth-order valence-corrected chi connectivity index (χ4v) is 6.21. The second kappa shape index (κ2) is 8.63. The molecule has 0 bridgehead atoms. The third-order valence-electron chi connectivity index (χ3n) is 5.61. The van der Waals surface area contributed by atoms with Gasteiger partial charge in [-0.25, -0.2) is 22.2 Å². The lowest BCUT2D eigenvalue weighted by Crippen LogP contribution is -2.50. The van der Waals surface area contributed by atoms with Gasteiger partial charge in [0.15, 0.2) is 4.90 Å². The number of benzene rings is 1. The zero-order chi connectivity index (χ0) is 20.4. The summed E-state index contributed by atoms with van der Waals surface area (Å²) in [5.41, 5.74) is 0. The summed E-state index contributed by atoms with van der Waals surface area (Å²) in [5.74, 6) is -2.09. The quantitative estimate of drug-likeness (QED) is 0.711. The molecule has 2 fully saturated rings. The molecule has 0 aliphatic carbocycles. The highest BCUT2D eigenvalue weighted by Gasteiger charge is 2.36. The molecule has 0 amide bonds. The standard InChI is InChI=1S/C19H23F2N3O3S2/c20-16-2-1-3-17(21)18(16)29(25,26)24-11-4-14(5-12-24)23-9-6-15(7-10-23)27-19-22-8-13-28-19/h1-3,8,13-15H,4-7,9-12H2. The predicted molar refractivity (Wildman–Crippen MR) is 105 cm³/mol. The van der Waals surface area contributed by atoms with Crippen molar-refractivity contribution in [2.75, 3.05) is 26.2 Å². The van der Waals surface area contributed by atoms with E-state index < -0.39 is 26.6 Å². The number of ether oxygens (including phenoxy) is 1. The first-order chi connectivity index (χ1) is 13.9. The van der Waals surface area contributed by atoms with Gasteiger partial charge in [0, 0.05) is 43.8 Å². The Kier molecular flexibility index (Phi) is 6.14. The first-order valence-electron chi connectivity index (χ1n) is 9.69. The smallest absolute Gasteiger partial charge is 0.273 e. The van der Waals surface area contributed by atoms with Crippen LogP contribution in [-0.2, 0) is 10.0 Å². The number of thiazole rings is 1. The number of sulfonamides is 1. The predicted octanol–water partition coefficient (Wildman–Crippen LogP) is 3.12. The van der Waals surface area contributed by atoms with E-state index in [9.17, 15) is 17.2 Å². The molecular weight excluding hydrogens is 420 g/mol. The van der Waals surface area contributed by atoms with Gasteiger partial charge in [-0.2, -0.15) is 4.31 Å². The van der Waals surface area contributed by atoms with Gasteiger partial charge in [-0.3, -0.25) is 0 Å². The van der Waals surface area contributed by atoms with Crippen LogP contribution in [0.4, 0.5) is 8.78 Å². The van der Waals surface area contributed by atoms with Crippen molar-refractivity contribution >= 4 is 21.4 Å². The van der Waals surface area contributed by atoms with Crippen LogP contribution >= 0.6 is 11.3 Å². The van der Waals surface area contributed by atoms with E-state index in [1.807, 2.05) is 5.38 Å². The molecule has 1 aromatic heterocycles. The average molecular weight is 444 g/mol. The highest BCUT2D eigenvalue weighted by atomic mass is 32.2. The van der Waals surface area contributed by atoms with Crippen molar-refractivity contribution in [1.29, 1.82) is 0 Å². The minimum Gasteiger partial charge on any atom is -0.467 e. The number of likely N-dealkylation sites (tertiary alicyclic amines) is 1. The third-order valence-corrected chi connectivity index (χ3v) is 8.22. The Balaban J connectivity index is 1.32. The van der Waals surface area contributed by atoms with E-state index in [1.165, 1.54) is 15.6 Å².